The lowest BCUT2D eigenvalue weighted by atomic mass is 9.67. The van der Waals surface area contributed by atoms with Gasteiger partial charge in [0.05, 0.1) is 5.69 Å². The zero-order valence-electron chi connectivity index (χ0n) is 30.9. The van der Waals surface area contributed by atoms with E-state index in [4.69, 9.17) is 9.97 Å². The number of fused-ring (bicyclic) bond motifs is 3. The lowest BCUT2D eigenvalue weighted by molar-refractivity contribution is 0.316. The van der Waals surface area contributed by atoms with Gasteiger partial charge in [0.15, 0.2) is 5.82 Å². The highest BCUT2D eigenvalue weighted by Crippen LogP contribution is 2.48. The second-order valence-corrected chi connectivity index (χ2v) is 15.3. The van der Waals surface area contributed by atoms with Crippen molar-refractivity contribution in [2.75, 3.05) is 0 Å². The fraction of sp³-hybridized carbons (Fsp3) is 0.154. The SMILES string of the molecule is C1=C(c2ccc(-c3c4ccccc4c4nc(-c5ccccc5)nc(-c5ccccc5)n34)cc2)CCC(C2CC(c3ccccc3)CC(c3ccccc3)C2)=C1. The van der Waals surface area contributed by atoms with Gasteiger partial charge in [-0.2, -0.15) is 0 Å². The number of nitrogens with zero attached hydrogens (tertiary/aromatic N) is 3. The Morgan fingerprint density at radius 2 is 0.945 bits per heavy atom. The predicted molar refractivity (Wildman–Crippen MR) is 228 cm³/mol. The van der Waals surface area contributed by atoms with Crippen molar-refractivity contribution in [2.45, 2.75) is 43.9 Å². The molecule has 0 radical (unpaired) electrons. The van der Waals surface area contributed by atoms with Gasteiger partial charge in [0.1, 0.15) is 11.5 Å². The predicted octanol–water partition coefficient (Wildman–Crippen LogP) is 13.4. The number of hydrogen-bond donors (Lipinski definition) is 0. The molecule has 55 heavy (non-hydrogen) atoms. The quantitative estimate of drug-likeness (QED) is 0.165. The van der Waals surface area contributed by atoms with E-state index in [1.807, 2.05) is 18.2 Å². The molecule has 3 heteroatoms. The molecular weight excluding hydrogens is 667 g/mol. The van der Waals surface area contributed by atoms with Crippen LogP contribution in [-0.2, 0) is 0 Å². The van der Waals surface area contributed by atoms with E-state index in [0.29, 0.717) is 17.8 Å². The Labute approximate surface area is 323 Å². The molecule has 0 bridgehead atoms. The molecule has 0 spiro atoms. The van der Waals surface area contributed by atoms with Crippen molar-refractivity contribution in [1.29, 1.82) is 0 Å². The minimum atomic E-state index is 0.586. The van der Waals surface area contributed by atoms with Gasteiger partial charge in [0, 0.05) is 21.9 Å². The summed E-state index contributed by atoms with van der Waals surface area (Å²) in [5.74, 6) is 3.39. The van der Waals surface area contributed by atoms with Crippen LogP contribution in [0.2, 0.25) is 0 Å². The molecule has 2 aromatic heterocycles. The standard InChI is InChI=1S/C52H43N3/c1-5-15-36(16-6-1)44-33-45(37-17-7-2-8-18-37)35-46(34-44)40-27-25-38(26-28-40)39-29-31-41(32-30-39)49-47-23-13-14-24-48(47)52-54-50(42-19-9-3-10-20-42)53-51(55(49)52)43-21-11-4-12-22-43/h1-25,27,29-32,44-46H,26,28,33-35H2. The third-order valence-electron chi connectivity index (χ3n) is 12.0. The summed E-state index contributed by atoms with van der Waals surface area (Å²) in [5, 5.41) is 2.30. The highest BCUT2D eigenvalue weighted by atomic mass is 15.1. The highest BCUT2D eigenvalue weighted by Gasteiger charge is 2.33. The largest absolute Gasteiger partial charge is 0.277 e. The first kappa shape index (κ1) is 33.3. The van der Waals surface area contributed by atoms with Crippen LogP contribution in [-0.4, -0.2) is 14.4 Å². The van der Waals surface area contributed by atoms with E-state index in [0.717, 1.165) is 57.9 Å². The average Bonchev–Trinajstić information content (AvgIpc) is 3.61. The summed E-state index contributed by atoms with van der Waals surface area (Å²) in [6.45, 7) is 0. The zero-order valence-corrected chi connectivity index (χ0v) is 30.9. The van der Waals surface area contributed by atoms with E-state index in [-0.39, 0.29) is 0 Å². The van der Waals surface area contributed by atoms with Gasteiger partial charge in [-0.1, -0.05) is 188 Å². The third kappa shape index (κ3) is 6.40. The molecular formula is C52H43N3. The Morgan fingerprint density at radius 1 is 0.418 bits per heavy atom. The van der Waals surface area contributed by atoms with E-state index in [2.05, 4.69) is 168 Å². The van der Waals surface area contributed by atoms with Crippen LogP contribution in [0.3, 0.4) is 0 Å². The summed E-state index contributed by atoms with van der Waals surface area (Å²) >= 11 is 0. The first-order chi connectivity index (χ1) is 27.3. The summed E-state index contributed by atoms with van der Waals surface area (Å²) < 4.78 is 2.27. The van der Waals surface area contributed by atoms with Crippen LogP contribution in [0.5, 0.6) is 0 Å². The molecule has 2 atom stereocenters. The minimum Gasteiger partial charge on any atom is -0.277 e. The molecule has 266 valence electrons. The lowest BCUT2D eigenvalue weighted by Crippen LogP contribution is -2.22. The van der Waals surface area contributed by atoms with Crippen molar-refractivity contribution in [3.05, 3.63) is 204 Å². The number of aromatic nitrogens is 3. The van der Waals surface area contributed by atoms with Crippen molar-refractivity contribution in [2.24, 2.45) is 5.92 Å². The van der Waals surface area contributed by atoms with Gasteiger partial charge in [-0.15, -0.1) is 0 Å². The molecule has 1 fully saturated rings. The van der Waals surface area contributed by atoms with Gasteiger partial charge in [0.2, 0.25) is 0 Å². The normalized spacial score (nSPS) is 18.6. The van der Waals surface area contributed by atoms with Gasteiger partial charge >= 0.3 is 0 Å². The second kappa shape index (κ2) is 14.5. The van der Waals surface area contributed by atoms with Gasteiger partial charge < -0.3 is 0 Å². The molecule has 8 aromatic rings. The van der Waals surface area contributed by atoms with Crippen LogP contribution in [0.25, 0.3) is 56.0 Å². The van der Waals surface area contributed by atoms with Crippen molar-refractivity contribution in [1.82, 2.24) is 14.4 Å². The van der Waals surface area contributed by atoms with E-state index in [1.165, 1.54) is 46.9 Å². The van der Waals surface area contributed by atoms with Crippen LogP contribution in [0.15, 0.2) is 188 Å². The first-order valence-electron chi connectivity index (χ1n) is 19.8. The minimum absolute atomic E-state index is 0.586. The van der Waals surface area contributed by atoms with Crippen molar-refractivity contribution < 1.29 is 0 Å². The van der Waals surface area contributed by atoms with Crippen LogP contribution < -0.4 is 0 Å². The van der Waals surface area contributed by atoms with E-state index in [9.17, 15) is 0 Å². The molecule has 10 rings (SSSR count). The van der Waals surface area contributed by atoms with Crippen LogP contribution in [0.1, 0.15) is 60.6 Å². The summed E-state index contributed by atoms with van der Waals surface area (Å²) in [6.07, 6.45) is 10.8. The molecule has 0 aliphatic heterocycles. The van der Waals surface area contributed by atoms with Gasteiger partial charge in [-0.05, 0) is 77.7 Å². The monoisotopic (exact) mass is 709 g/mol. The Hall–Kier alpha value is -6.32. The van der Waals surface area contributed by atoms with Gasteiger partial charge in [0.25, 0.3) is 0 Å². The van der Waals surface area contributed by atoms with Crippen LogP contribution >= 0.6 is 0 Å². The summed E-state index contributed by atoms with van der Waals surface area (Å²) in [7, 11) is 0. The third-order valence-corrected chi connectivity index (χ3v) is 12.0. The fourth-order valence-electron chi connectivity index (χ4n) is 9.30. The summed E-state index contributed by atoms with van der Waals surface area (Å²) in [5.41, 5.74) is 12.6. The Morgan fingerprint density at radius 3 is 1.55 bits per heavy atom. The van der Waals surface area contributed by atoms with Crippen molar-refractivity contribution in [3.8, 4) is 34.0 Å². The van der Waals surface area contributed by atoms with Crippen LogP contribution in [0, 0.1) is 5.92 Å². The van der Waals surface area contributed by atoms with E-state index >= 15 is 0 Å². The molecule has 1 saturated carbocycles. The molecule has 2 unspecified atom stereocenters. The van der Waals surface area contributed by atoms with Crippen molar-refractivity contribution in [3.63, 3.8) is 0 Å². The van der Waals surface area contributed by atoms with E-state index in [1.54, 1.807) is 5.57 Å². The summed E-state index contributed by atoms with van der Waals surface area (Å²) in [6, 6.07) is 61.1. The van der Waals surface area contributed by atoms with Gasteiger partial charge in [-0.25, -0.2) is 9.97 Å². The highest BCUT2D eigenvalue weighted by molar-refractivity contribution is 6.06. The molecule has 3 nitrogen and oxygen atoms in total. The second-order valence-electron chi connectivity index (χ2n) is 15.3. The average molecular weight is 710 g/mol. The van der Waals surface area contributed by atoms with Crippen LogP contribution in [0.4, 0.5) is 0 Å². The summed E-state index contributed by atoms with van der Waals surface area (Å²) in [4.78, 5) is 10.5. The maximum absolute atomic E-state index is 5.24. The molecule has 2 aliphatic carbocycles. The number of hydrogen-bond acceptors (Lipinski definition) is 2. The molecule has 0 saturated heterocycles. The number of rotatable bonds is 7. The molecule has 0 N–H and O–H groups in total. The number of allylic oxidation sites excluding steroid dienone is 4. The Kier molecular flexibility index (Phi) is 8.76. The smallest absolute Gasteiger partial charge is 0.163 e. The van der Waals surface area contributed by atoms with Crippen molar-refractivity contribution >= 4 is 22.0 Å². The Bertz CT molecular complexity index is 2610. The fourth-order valence-corrected chi connectivity index (χ4v) is 9.30. The topological polar surface area (TPSA) is 30.2 Å². The zero-order chi connectivity index (χ0) is 36.6. The maximum atomic E-state index is 5.24. The molecule has 2 aliphatic rings. The van der Waals surface area contributed by atoms with E-state index < -0.39 is 0 Å². The molecule has 6 aromatic carbocycles. The molecule has 2 heterocycles. The Balaban J connectivity index is 0.998. The first-order valence-corrected chi connectivity index (χ1v) is 19.8. The molecule has 0 amide bonds. The maximum Gasteiger partial charge on any atom is 0.163 e. The van der Waals surface area contributed by atoms with Gasteiger partial charge in [-0.3, -0.25) is 4.40 Å². The lowest BCUT2D eigenvalue weighted by Gasteiger charge is -2.37. The number of benzene rings is 6.